The molecule has 1 aliphatic carbocycles. The van der Waals surface area contributed by atoms with Gasteiger partial charge in [-0.05, 0) is 43.0 Å². The summed E-state index contributed by atoms with van der Waals surface area (Å²) >= 11 is 0. The van der Waals surface area contributed by atoms with Crippen LogP contribution in [-0.2, 0) is 32.6 Å². The highest BCUT2D eigenvalue weighted by Gasteiger charge is 2.34. The summed E-state index contributed by atoms with van der Waals surface area (Å²) in [6.07, 6.45) is 5.39. The number of sulfonamides is 1. The summed E-state index contributed by atoms with van der Waals surface area (Å²) in [5, 5.41) is 3.18. The van der Waals surface area contributed by atoms with Crippen LogP contribution in [0.1, 0.15) is 42.4 Å². The third-order valence-electron chi connectivity index (χ3n) is 7.13. The van der Waals surface area contributed by atoms with Crippen LogP contribution in [0.5, 0.6) is 0 Å². The molecular weight excluding hydrogens is 510 g/mol. The lowest BCUT2D eigenvalue weighted by Crippen LogP contribution is -2.54. The van der Waals surface area contributed by atoms with Gasteiger partial charge in [0.05, 0.1) is 11.9 Å². The van der Waals surface area contributed by atoms with Gasteiger partial charge in [-0.15, -0.1) is 0 Å². The first kappa shape index (κ1) is 28.4. The van der Waals surface area contributed by atoms with Crippen molar-refractivity contribution in [2.24, 2.45) is 0 Å². The van der Waals surface area contributed by atoms with Crippen molar-refractivity contribution in [2.45, 2.75) is 57.7 Å². The summed E-state index contributed by atoms with van der Waals surface area (Å²) in [5.41, 5.74) is 3.24. The van der Waals surface area contributed by atoms with Crippen LogP contribution in [0, 0.1) is 6.92 Å². The average molecular weight is 548 g/mol. The van der Waals surface area contributed by atoms with Crippen molar-refractivity contribution in [3.63, 3.8) is 0 Å². The van der Waals surface area contributed by atoms with Gasteiger partial charge in [-0.2, -0.15) is 0 Å². The monoisotopic (exact) mass is 547 g/mol. The molecule has 0 heterocycles. The summed E-state index contributed by atoms with van der Waals surface area (Å²) in [5.74, 6) is -0.648. The molecule has 1 atom stereocenters. The van der Waals surface area contributed by atoms with E-state index >= 15 is 0 Å². The summed E-state index contributed by atoms with van der Waals surface area (Å²) in [6, 6.07) is 25.3. The fourth-order valence-corrected chi connectivity index (χ4v) is 5.99. The number of hydrogen-bond acceptors (Lipinski definition) is 4. The standard InChI is InChI=1S/C31H37N3O4S/c1-24-12-11-15-26(20-24)22-33(30(35)23-34(39(2,37)38)28-18-7-4-8-19-28)29(21-25-13-5-3-6-14-25)31(36)32-27-16-9-10-17-27/h3-8,11-15,18-20,27,29H,9-10,16-17,21-23H2,1-2H3,(H,32,36). The first-order valence-corrected chi connectivity index (χ1v) is 15.3. The Hall–Kier alpha value is -3.65. The van der Waals surface area contributed by atoms with Crippen molar-refractivity contribution in [1.82, 2.24) is 10.2 Å². The van der Waals surface area contributed by atoms with Crippen molar-refractivity contribution in [3.8, 4) is 0 Å². The number of anilines is 1. The van der Waals surface area contributed by atoms with E-state index < -0.39 is 28.5 Å². The molecule has 0 spiro atoms. The van der Waals surface area contributed by atoms with Crippen molar-refractivity contribution >= 4 is 27.5 Å². The van der Waals surface area contributed by atoms with Crippen molar-refractivity contribution in [2.75, 3.05) is 17.1 Å². The van der Waals surface area contributed by atoms with E-state index in [4.69, 9.17) is 0 Å². The minimum absolute atomic E-state index is 0.0866. The van der Waals surface area contributed by atoms with Crippen molar-refractivity contribution in [3.05, 3.63) is 102 Å². The smallest absolute Gasteiger partial charge is 0.244 e. The van der Waals surface area contributed by atoms with Gasteiger partial charge >= 0.3 is 0 Å². The zero-order valence-electron chi connectivity index (χ0n) is 22.6. The molecular formula is C31H37N3O4S. The second-order valence-corrected chi connectivity index (χ2v) is 12.2. The van der Waals surface area contributed by atoms with Crippen LogP contribution in [0.15, 0.2) is 84.9 Å². The first-order chi connectivity index (χ1) is 18.7. The number of nitrogens with one attached hydrogen (secondary N) is 1. The van der Waals surface area contributed by atoms with E-state index in [0.717, 1.165) is 52.9 Å². The molecule has 4 rings (SSSR count). The second kappa shape index (κ2) is 12.9. The third kappa shape index (κ3) is 7.93. The lowest BCUT2D eigenvalue weighted by molar-refractivity contribution is -0.140. The highest BCUT2D eigenvalue weighted by molar-refractivity contribution is 7.92. The van der Waals surface area contributed by atoms with Gasteiger partial charge in [0.15, 0.2) is 0 Å². The maximum atomic E-state index is 14.1. The van der Waals surface area contributed by atoms with E-state index in [-0.39, 0.29) is 18.5 Å². The highest BCUT2D eigenvalue weighted by Crippen LogP contribution is 2.22. The number of carbonyl (C=O) groups is 2. The maximum absolute atomic E-state index is 14.1. The minimum atomic E-state index is -3.76. The number of carbonyl (C=O) groups excluding carboxylic acids is 2. The van der Waals surface area contributed by atoms with E-state index in [2.05, 4.69) is 5.32 Å². The quantitative estimate of drug-likeness (QED) is 0.384. The normalized spacial score (nSPS) is 14.5. The summed E-state index contributed by atoms with van der Waals surface area (Å²) in [7, 11) is -3.76. The zero-order valence-corrected chi connectivity index (χ0v) is 23.4. The zero-order chi connectivity index (χ0) is 27.8. The Morgan fingerprint density at radius 2 is 1.51 bits per heavy atom. The maximum Gasteiger partial charge on any atom is 0.244 e. The summed E-state index contributed by atoms with van der Waals surface area (Å²) in [4.78, 5) is 29.4. The van der Waals surface area contributed by atoms with Crippen LogP contribution in [0.25, 0.3) is 0 Å². The highest BCUT2D eigenvalue weighted by atomic mass is 32.2. The SMILES string of the molecule is Cc1cccc(CN(C(=O)CN(c2ccccc2)S(C)(=O)=O)C(Cc2ccccc2)C(=O)NC2CCCC2)c1. The van der Waals surface area contributed by atoms with Crippen LogP contribution in [0.3, 0.4) is 0 Å². The molecule has 39 heavy (non-hydrogen) atoms. The molecule has 3 aromatic carbocycles. The molecule has 8 heteroatoms. The molecule has 1 saturated carbocycles. The lowest BCUT2D eigenvalue weighted by Gasteiger charge is -2.34. The fraction of sp³-hybridized carbons (Fsp3) is 0.355. The van der Waals surface area contributed by atoms with Gasteiger partial charge in [-0.3, -0.25) is 13.9 Å². The molecule has 206 valence electrons. The Balaban J connectivity index is 1.71. The van der Waals surface area contributed by atoms with Gasteiger partial charge in [0.25, 0.3) is 0 Å². The van der Waals surface area contributed by atoms with E-state index in [1.165, 1.54) is 0 Å². The van der Waals surface area contributed by atoms with Crippen LogP contribution < -0.4 is 9.62 Å². The molecule has 0 aliphatic heterocycles. The predicted octanol–water partition coefficient (Wildman–Crippen LogP) is 4.46. The fourth-order valence-electron chi connectivity index (χ4n) is 5.14. The average Bonchev–Trinajstić information content (AvgIpc) is 3.42. The lowest BCUT2D eigenvalue weighted by atomic mass is 10.0. The van der Waals surface area contributed by atoms with Gasteiger partial charge in [-0.1, -0.05) is 91.2 Å². The Morgan fingerprint density at radius 1 is 0.897 bits per heavy atom. The largest absolute Gasteiger partial charge is 0.352 e. The molecule has 1 aliphatic rings. The third-order valence-corrected chi connectivity index (χ3v) is 8.27. The molecule has 0 aromatic heterocycles. The Kier molecular flexibility index (Phi) is 9.41. The van der Waals surface area contributed by atoms with Gasteiger partial charge < -0.3 is 10.2 Å². The van der Waals surface area contributed by atoms with Crippen LogP contribution >= 0.6 is 0 Å². The van der Waals surface area contributed by atoms with Crippen LogP contribution in [-0.4, -0.2) is 50.0 Å². The molecule has 3 aromatic rings. The van der Waals surface area contributed by atoms with Gasteiger partial charge in [0, 0.05) is 19.0 Å². The van der Waals surface area contributed by atoms with Crippen molar-refractivity contribution in [1.29, 1.82) is 0 Å². The number of benzene rings is 3. The molecule has 0 saturated heterocycles. The number of nitrogens with zero attached hydrogens (tertiary/aromatic N) is 2. The van der Waals surface area contributed by atoms with E-state index in [1.54, 1.807) is 35.2 Å². The Morgan fingerprint density at radius 3 is 2.13 bits per heavy atom. The van der Waals surface area contributed by atoms with E-state index in [9.17, 15) is 18.0 Å². The van der Waals surface area contributed by atoms with Crippen LogP contribution in [0.2, 0.25) is 0 Å². The van der Waals surface area contributed by atoms with Gasteiger partial charge in [-0.25, -0.2) is 8.42 Å². The number of hydrogen-bond donors (Lipinski definition) is 1. The predicted molar refractivity (Wildman–Crippen MR) is 155 cm³/mol. The number of para-hydroxylation sites is 1. The summed E-state index contributed by atoms with van der Waals surface area (Å²) < 4.78 is 26.7. The summed E-state index contributed by atoms with van der Waals surface area (Å²) in [6.45, 7) is 1.75. The number of rotatable bonds is 11. The van der Waals surface area contributed by atoms with Crippen molar-refractivity contribution < 1.29 is 18.0 Å². The molecule has 2 amide bonds. The molecule has 0 radical (unpaired) electrons. The Labute approximate surface area is 231 Å². The van der Waals surface area contributed by atoms with E-state index in [0.29, 0.717) is 12.1 Å². The molecule has 1 unspecified atom stereocenters. The number of amides is 2. The Bertz CT molecular complexity index is 1360. The molecule has 0 bridgehead atoms. The topological polar surface area (TPSA) is 86.8 Å². The molecule has 7 nitrogen and oxygen atoms in total. The molecule has 1 fully saturated rings. The minimum Gasteiger partial charge on any atom is -0.352 e. The van der Waals surface area contributed by atoms with E-state index in [1.807, 2.05) is 61.5 Å². The van der Waals surface area contributed by atoms with Gasteiger partial charge in [0.1, 0.15) is 12.6 Å². The first-order valence-electron chi connectivity index (χ1n) is 13.4. The van der Waals surface area contributed by atoms with Gasteiger partial charge in [0.2, 0.25) is 21.8 Å². The second-order valence-electron chi connectivity index (χ2n) is 10.3. The number of aryl methyl sites for hydroxylation is 1. The molecule has 1 N–H and O–H groups in total. The van der Waals surface area contributed by atoms with Crippen LogP contribution in [0.4, 0.5) is 5.69 Å².